The highest BCUT2D eigenvalue weighted by molar-refractivity contribution is 7.11. The summed E-state index contributed by atoms with van der Waals surface area (Å²) in [6, 6.07) is 1.48. The van der Waals surface area contributed by atoms with Crippen LogP contribution in [0.5, 0.6) is 0 Å². The number of hydrogen-bond donors (Lipinski definition) is 1. The Labute approximate surface area is 120 Å². The van der Waals surface area contributed by atoms with Crippen molar-refractivity contribution in [2.24, 2.45) is 0 Å². The van der Waals surface area contributed by atoms with Crippen molar-refractivity contribution in [3.05, 3.63) is 15.6 Å². The van der Waals surface area contributed by atoms with Crippen molar-refractivity contribution in [2.75, 3.05) is 13.6 Å². The molecular formula is C15H25N3S. The van der Waals surface area contributed by atoms with E-state index in [0.29, 0.717) is 0 Å². The molecule has 3 rings (SSSR count). The first-order valence-corrected chi connectivity index (χ1v) is 8.29. The van der Waals surface area contributed by atoms with Crippen LogP contribution in [0, 0.1) is 13.8 Å². The number of thiazole rings is 1. The third kappa shape index (κ3) is 2.14. The summed E-state index contributed by atoms with van der Waals surface area (Å²) < 4.78 is 0. The quantitative estimate of drug-likeness (QED) is 0.922. The zero-order chi connectivity index (χ0) is 13.6. The van der Waals surface area contributed by atoms with Gasteiger partial charge in [-0.2, -0.15) is 0 Å². The van der Waals surface area contributed by atoms with Gasteiger partial charge in [0.1, 0.15) is 5.01 Å². The molecule has 0 amide bonds. The predicted molar refractivity (Wildman–Crippen MR) is 80.7 cm³/mol. The molecule has 0 saturated carbocycles. The molecule has 106 valence electrons. The average molecular weight is 279 g/mol. The Hall–Kier alpha value is -0.450. The van der Waals surface area contributed by atoms with Crippen molar-refractivity contribution < 1.29 is 0 Å². The number of nitrogens with one attached hydrogen (secondary N) is 1. The van der Waals surface area contributed by atoms with Crippen LogP contribution in [0.1, 0.15) is 48.2 Å². The first-order chi connectivity index (χ1) is 9.05. The van der Waals surface area contributed by atoms with Crippen LogP contribution in [0.4, 0.5) is 0 Å². The highest BCUT2D eigenvalue weighted by atomic mass is 32.1. The molecule has 3 heterocycles. The summed E-state index contributed by atoms with van der Waals surface area (Å²) in [4.78, 5) is 8.86. The first-order valence-electron chi connectivity index (χ1n) is 7.47. The second-order valence-electron chi connectivity index (χ2n) is 6.23. The second-order valence-corrected chi connectivity index (χ2v) is 7.43. The smallest absolute Gasteiger partial charge is 0.113 e. The summed E-state index contributed by atoms with van der Waals surface area (Å²) in [5.41, 5.74) is 1.35. The SMILES string of the molecule is CCNC1(c2nc(C)c(C)s2)CC2CCC(C1)N2C. The molecule has 3 nitrogen and oxygen atoms in total. The van der Waals surface area contributed by atoms with Crippen LogP contribution in [-0.4, -0.2) is 35.6 Å². The Kier molecular flexibility index (Phi) is 3.44. The number of fused-ring (bicyclic) bond motifs is 2. The second kappa shape index (κ2) is 4.83. The van der Waals surface area contributed by atoms with Crippen LogP contribution in [0.3, 0.4) is 0 Å². The summed E-state index contributed by atoms with van der Waals surface area (Å²) in [6.07, 6.45) is 5.16. The van der Waals surface area contributed by atoms with Gasteiger partial charge >= 0.3 is 0 Å². The lowest BCUT2D eigenvalue weighted by Crippen LogP contribution is -2.54. The Morgan fingerprint density at radius 1 is 1.32 bits per heavy atom. The van der Waals surface area contributed by atoms with E-state index in [-0.39, 0.29) is 5.54 Å². The van der Waals surface area contributed by atoms with E-state index in [9.17, 15) is 0 Å². The molecule has 2 atom stereocenters. The number of aromatic nitrogens is 1. The molecule has 2 saturated heterocycles. The average Bonchev–Trinajstić information content (AvgIpc) is 2.80. The van der Waals surface area contributed by atoms with Crippen LogP contribution < -0.4 is 5.32 Å². The molecule has 1 aromatic heterocycles. The number of piperidine rings is 1. The topological polar surface area (TPSA) is 28.2 Å². The van der Waals surface area contributed by atoms with Gasteiger partial charge in [-0.3, -0.25) is 0 Å². The highest BCUT2D eigenvalue weighted by Gasteiger charge is 2.48. The summed E-state index contributed by atoms with van der Waals surface area (Å²) in [5.74, 6) is 0. The van der Waals surface area contributed by atoms with Gasteiger partial charge in [0.25, 0.3) is 0 Å². The molecule has 0 aliphatic carbocycles. The molecule has 1 N–H and O–H groups in total. The third-order valence-corrected chi connectivity index (χ3v) is 6.38. The third-order valence-electron chi connectivity index (χ3n) is 5.11. The van der Waals surface area contributed by atoms with Crippen LogP contribution in [0.2, 0.25) is 0 Å². The van der Waals surface area contributed by atoms with Crippen LogP contribution in [-0.2, 0) is 5.54 Å². The molecule has 2 bridgehead atoms. The molecule has 4 heteroatoms. The van der Waals surface area contributed by atoms with Crippen LogP contribution >= 0.6 is 11.3 Å². The summed E-state index contributed by atoms with van der Waals surface area (Å²) in [6.45, 7) is 7.58. The number of rotatable bonds is 3. The van der Waals surface area contributed by atoms with E-state index in [1.54, 1.807) is 0 Å². The van der Waals surface area contributed by atoms with E-state index in [0.717, 1.165) is 18.6 Å². The molecule has 2 fully saturated rings. The van der Waals surface area contributed by atoms with Gasteiger partial charge in [0.15, 0.2) is 0 Å². The number of nitrogens with zero attached hydrogens (tertiary/aromatic N) is 2. The monoisotopic (exact) mass is 279 g/mol. The van der Waals surface area contributed by atoms with Gasteiger partial charge in [0, 0.05) is 17.0 Å². The Morgan fingerprint density at radius 3 is 2.42 bits per heavy atom. The standard InChI is InChI=1S/C15H25N3S/c1-5-16-15(14-17-10(2)11(3)19-14)8-12-6-7-13(9-15)18(12)4/h12-13,16H,5-9H2,1-4H3. The maximum atomic E-state index is 4.88. The van der Waals surface area contributed by atoms with Gasteiger partial charge in [0.05, 0.1) is 11.2 Å². The minimum absolute atomic E-state index is 0.136. The van der Waals surface area contributed by atoms with Gasteiger partial charge in [-0.25, -0.2) is 4.98 Å². The van der Waals surface area contributed by atoms with Crippen molar-refractivity contribution >= 4 is 11.3 Å². The first kappa shape index (κ1) is 13.5. The number of aryl methyl sites for hydroxylation is 2. The lowest BCUT2D eigenvalue weighted by atomic mass is 9.83. The molecule has 2 aliphatic heterocycles. The van der Waals surface area contributed by atoms with Crippen LogP contribution in [0.15, 0.2) is 0 Å². The molecule has 19 heavy (non-hydrogen) atoms. The fourth-order valence-corrected chi connectivity index (χ4v) is 4.98. The van der Waals surface area contributed by atoms with Gasteiger partial charge in [0.2, 0.25) is 0 Å². The molecule has 1 aromatic rings. The lowest BCUT2D eigenvalue weighted by molar-refractivity contribution is 0.0898. The van der Waals surface area contributed by atoms with E-state index >= 15 is 0 Å². The Bertz CT molecular complexity index is 434. The molecule has 2 aliphatic rings. The fourth-order valence-electron chi connectivity index (χ4n) is 3.88. The molecule has 0 radical (unpaired) electrons. The van der Waals surface area contributed by atoms with Gasteiger partial charge in [-0.15, -0.1) is 11.3 Å². The summed E-state index contributed by atoms with van der Waals surface area (Å²) in [7, 11) is 2.30. The highest BCUT2D eigenvalue weighted by Crippen LogP contribution is 2.46. The lowest BCUT2D eigenvalue weighted by Gasteiger charge is -2.44. The minimum atomic E-state index is 0.136. The minimum Gasteiger partial charge on any atom is -0.306 e. The summed E-state index contributed by atoms with van der Waals surface area (Å²) in [5, 5.41) is 5.13. The maximum absolute atomic E-state index is 4.88. The van der Waals surface area contributed by atoms with Crippen molar-refractivity contribution in [1.82, 2.24) is 15.2 Å². The molecule has 0 spiro atoms. The van der Waals surface area contributed by atoms with Crippen molar-refractivity contribution in [1.29, 1.82) is 0 Å². The predicted octanol–water partition coefficient (Wildman–Crippen LogP) is 2.82. The van der Waals surface area contributed by atoms with E-state index in [1.807, 2.05) is 11.3 Å². The molecular weight excluding hydrogens is 254 g/mol. The zero-order valence-corrected chi connectivity index (χ0v) is 13.3. The van der Waals surface area contributed by atoms with Crippen LogP contribution in [0.25, 0.3) is 0 Å². The molecule has 2 unspecified atom stereocenters. The largest absolute Gasteiger partial charge is 0.306 e. The van der Waals surface area contributed by atoms with Gasteiger partial charge < -0.3 is 10.2 Å². The van der Waals surface area contributed by atoms with E-state index in [2.05, 4.69) is 38.0 Å². The Balaban J connectivity index is 1.96. The zero-order valence-electron chi connectivity index (χ0n) is 12.5. The van der Waals surface area contributed by atoms with Crippen molar-refractivity contribution in [3.63, 3.8) is 0 Å². The van der Waals surface area contributed by atoms with E-state index < -0.39 is 0 Å². The van der Waals surface area contributed by atoms with Gasteiger partial charge in [-0.1, -0.05) is 6.92 Å². The van der Waals surface area contributed by atoms with Gasteiger partial charge in [-0.05, 0) is 53.1 Å². The van der Waals surface area contributed by atoms with E-state index in [4.69, 9.17) is 4.98 Å². The Morgan fingerprint density at radius 2 is 1.95 bits per heavy atom. The van der Waals surface area contributed by atoms with E-state index in [1.165, 1.54) is 41.3 Å². The maximum Gasteiger partial charge on any atom is 0.113 e. The fraction of sp³-hybridized carbons (Fsp3) is 0.800. The molecule has 0 aromatic carbocycles. The normalized spacial score (nSPS) is 34.9. The number of hydrogen-bond acceptors (Lipinski definition) is 4. The van der Waals surface area contributed by atoms with Crippen molar-refractivity contribution in [2.45, 2.75) is 64.1 Å². The summed E-state index contributed by atoms with van der Waals surface area (Å²) >= 11 is 1.90. The van der Waals surface area contributed by atoms with Crippen molar-refractivity contribution in [3.8, 4) is 0 Å².